The van der Waals surface area contributed by atoms with Crippen LogP contribution in [0, 0.1) is 5.92 Å². The fourth-order valence-corrected chi connectivity index (χ4v) is 2.65. The first kappa shape index (κ1) is 15.0. The number of aromatic nitrogens is 1. The summed E-state index contributed by atoms with van der Waals surface area (Å²) in [4.78, 5) is 11.8. The maximum absolute atomic E-state index is 11.9. The van der Waals surface area contributed by atoms with Crippen molar-refractivity contribution in [1.29, 1.82) is 0 Å². The van der Waals surface area contributed by atoms with Crippen LogP contribution in [-0.4, -0.2) is 38.8 Å². The zero-order chi connectivity index (χ0) is 14.8. The quantitative estimate of drug-likeness (QED) is 0.804. The Morgan fingerprint density at radius 2 is 2.15 bits per heavy atom. The number of rotatable bonds is 4. The van der Waals surface area contributed by atoms with Gasteiger partial charge in [-0.1, -0.05) is 0 Å². The average Bonchev–Trinajstić information content (AvgIpc) is 2.79. The second-order valence-corrected chi connectivity index (χ2v) is 6.43. The summed E-state index contributed by atoms with van der Waals surface area (Å²) in [6, 6.07) is 1.22. The first-order valence-corrected chi connectivity index (χ1v) is 7.86. The van der Waals surface area contributed by atoms with Crippen molar-refractivity contribution < 1.29 is 22.7 Å². The predicted octanol–water partition coefficient (Wildman–Crippen LogP) is 0.256. The molecule has 2 rings (SSSR count). The lowest BCUT2D eigenvalue weighted by atomic mass is 10.0. The first-order valence-electron chi connectivity index (χ1n) is 6.32. The summed E-state index contributed by atoms with van der Waals surface area (Å²) in [7, 11) is -2.25. The number of hydrogen-bond donors (Lipinski definition) is 1. The Bertz CT molecular complexity index is 587. The van der Waals surface area contributed by atoms with Crippen molar-refractivity contribution in [2.24, 2.45) is 18.1 Å². The topological polar surface area (TPSA) is 101 Å². The molecular weight excluding hydrogens is 284 g/mol. The van der Waals surface area contributed by atoms with Crippen LogP contribution in [0.25, 0.3) is 0 Å². The van der Waals surface area contributed by atoms with Crippen LogP contribution >= 0.6 is 0 Å². The number of nitrogens with two attached hydrogens (primary N) is 1. The molecule has 7 nitrogen and oxygen atoms in total. The summed E-state index contributed by atoms with van der Waals surface area (Å²) >= 11 is 0. The van der Waals surface area contributed by atoms with Crippen molar-refractivity contribution in [3.63, 3.8) is 0 Å². The molecule has 0 bridgehead atoms. The molecule has 0 saturated carbocycles. The van der Waals surface area contributed by atoms with E-state index in [1.54, 1.807) is 7.05 Å². The number of primary sulfonamides is 1. The standard InChI is InChI=1S/C12H18N2O5S/c1-14-7-10(20(13,16)17)6-11(14)12(15)19-8-9-2-4-18-5-3-9/h6-7,9H,2-5,8H2,1H3,(H2,13,16,17). The number of sulfonamides is 1. The van der Waals surface area contributed by atoms with E-state index < -0.39 is 16.0 Å². The second kappa shape index (κ2) is 5.94. The van der Waals surface area contributed by atoms with Gasteiger partial charge in [-0.15, -0.1) is 0 Å². The van der Waals surface area contributed by atoms with Crippen molar-refractivity contribution >= 4 is 16.0 Å². The molecule has 0 aromatic carbocycles. The highest BCUT2D eigenvalue weighted by atomic mass is 32.2. The van der Waals surface area contributed by atoms with Gasteiger partial charge in [-0.2, -0.15) is 0 Å². The van der Waals surface area contributed by atoms with Gasteiger partial charge in [0.2, 0.25) is 10.0 Å². The van der Waals surface area contributed by atoms with Gasteiger partial charge in [-0.05, 0) is 24.8 Å². The highest BCUT2D eigenvalue weighted by molar-refractivity contribution is 7.89. The molecule has 1 fully saturated rings. The Labute approximate surface area is 117 Å². The molecule has 2 heterocycles. The summed E-state index contributed by atoms with van der Waals surface area (Å²) in [5, 5.41) is 5.02. The Morgan fingerprint density at radius 1 is 1.50 bits per heavy atom. The highest BCUT2D eigenvalue weighted by Gasteiger charge is 2.20. The number of hydrogen-bond acceptors (Lipinski definition) is 5. The van der Waals surface area contributed by atoms with E-state index in [0.717, 1.165) is 12.8 Å². The van der Waals surface area contributed by atoms with Crippen LogP contribution in [0.3, 0.4) is 0 Å². The molecule has 2 N–H and O–H groups in total. The third-order valence-corrected chi connectivity index (χ3v) is 4.19. The zero-order valence-electron chi connectivity index (χ0n) is 11.2. The Balaban J connectivity index is 2.00. The van der Waals surface area contributed by atoms with Crippen molar-refractivity contribution in [3.8, 4) is 0 Å². The molecule has 1 aromatic heterocycles. The molecular formula is C12H18N2O5S. The molecule has 1 aromatic rings. The van der Waals surface area contributed by atoms with Gasteiger partial charge in [-0.3, -0.25) is 0 Å². The van der Waals surface area contributed by atoms with Crippen molar-refractivity contribution in [3.05, 3.63) is 18.0 Å². The third kappa shape index (κ3) is 3.59. The maximum Gasteiger partial charge on any atom is 0.354 e. The summed E-state index contributed by atoms with van der Waals surface area (Å²) in [6.07, 6.45) is 3.02. The Hall–Kier alpha value is -1.38. The number of nitrogens with zero attached hydrogens (tertiary/aromatic N) is 1. The number of carbonyl (C=O) groups excluding carboxylic acids is 1. The molecule has 0 unspecified atom stereocenters. The second-order valence-electron chi connectivity index (χ2n) is 4.87. The normalized spacial score (nSPS) is 17.1. The number of aryl methyl sites for hydroxylation is 1. The number of ether oxygens (including phenoxy) is 2. The van der Waals surface area contributed by atoms with E-state index in [9.17, 15) is 13.2 Å². The van der Waals surface area contributed by atoms with E-state index in [4.69, 9.17) is 14.6 Å². The van der Waals surface area contributed by atoms with E-state index in [1.807, 2.05) is 0 Å². The Morgan fingerprint density at radius 3 is 2.70 bits per heavy atom. The van der Waals surface area contributed by atoms with Gasteiger partial charge in [0.05, 0.1) is 6.61 Å². The molecule has 0 amide bonds. The summed E-state index contributed by atoms with van der Waals surface area (Å²) < 4.78 is 34.3. The molecule has 0 atom stereocenters. The van der Waals surface area contributed by atoms with E-state index in [1.165, 1.54) is 16.8 Å². The highest BCUT2D eigenvalue weighted by Crippen LogP contribution is 2.17. The minimum Gasteiger partial charge on any atom is -0.461 e. The monoisotopic (exact) mass is 302 g/mol. The van der Waals surface area contributed by atoms with Crippen LogP contribution in [0.15, 0.2) is 17.2 Å². The molecule has 0 spiro atoms. The summed E-state index contributed by atoms with van der Waals surface area (Å²) in [6.45, 7) is 1.68. The number of esters is 1. The molecule has 0 radical (unpaired) electrons. The SMILES string of the molecule is Cn1cc(S(N)(=O)=O)cc1C(=O)OCC1CCOCC1. The van der Waals surface area contributed by atoms with Gasteiger partial charge in [0.25, 0.3) is 0 Å². The van der Waals surface area contributed by atoms with Crippen molar-refractivity contribution in [2.75, 3.05) is 19.8 Å². The fraction of sp³-hybridized carbons (Fsp3) is 0.583. The predicted molar refractivity (Wildman–Crippen MR) is 70.6 cm³/mol. The molecule has 1 saturated heterocycles. The van der Waals surface area contributed by atoms with Gasteiger partial charge in [0, 0.05) is 26.5 Å². The van der Waals surface area contributed by atoms with Crippen LogP contribution in [-0.2, 0) is 26.5 Å². The van der Waals surface area contributed by atoms with Crippen molar-refractivity contribution in [2.45, 2.75) is 17.7 Å². The third-order valence-electron chi connectivity index (χ3n) is 3.31. The summed E-state index contributed by atoms with van der Waals surface area (Å²) in [5.74, 6) is -0.250. The van der Waals surface area contributed by atoms with Crippen LogP contribution in [0.2, 0.25) is 0 Å². The average molecular weight is 302 g/mol. The first-order chi connectivity index (χ1) is 9.38. The largest absolute Gasteiger partial charge is 0.461 e. The lowest BCUT2D eigenvalue weighted by Crippen LogP contribution is -2.22. The molecule has 1 aliphatic heterocycles. The molecule has 112 valence electrons. The number of carbonyl (C=O) groups is 1. The van der Waals surface area contributed by atoms with Crippen LogP contribution < -0.4 is 5.14 Å². The Kier molecular flexibility index (Phi) is 4.46. The van der Waals surface area contributed by atoms with E-state index >= 15 is 0 Å². The van der Waals surface area contributed by atoms with E-state index in [-0.39, 0.29) is 10.6 Å². The maximum atomic E-state index is 11.9. The van der Waals surface area contributed by atoms with E-state index in [0.29, 0.717) is 25.7 Å². The lowest BCUT2D eigenvalue weighted by molar-refractivity contribution is 0.0179. The molecule has 0 aliphatic carbocycles. The molecule has 8 heteroatoms. The van der Waals surface area contributed by atoms with Gasteiger partial charge >= 0.3 is 5.97 Å². The van der Waals surface area contributed by atoms with Crippen LogP contribution in [0.1, 0.15) is 23.3 Å². The van der Waals surface area contributed by atoms with Crippen molar-refractivity contribution in [1.82, 2.24) is 4.57 Å². The van der Waals surface area contributed by atoms with Gasteiger partial charge in [0.1, 0.15) is 10.6 Å². The van der Waals surface area contributed by atoms with E-state index in [2.05, 4.69) is 0 Å². The van der Waals surface area contributed by atoms with Gasteiger partial charge in [0.15, 0.2) is 0 Å². The molecule has 20 heavy (non-hydrogen) atoms. The summed E-state index contributed by atoms with van der Waals surface area (Å²) in [5.41, 5.74) is 0.168. The van der Waals surface area contributed by atoms with Crippen LogP contribution in [0.5, 0.6) is 0 Å². The lowest BCUT2D eigenvalue weighted by Gasteiger charge is -2.21. The van der Waals surface area contributed by atoms with Crippen LogP contribution in [0.4, 0.5) is 0 Å². The fourth-order valence-electron chi connectivity index (χ4n) is 2.07. The minimum absolute atomic E-state index is 0.0991. The minimum atomic E-state index is -3.82. The van der Waals surface area contributed by atoms with Gasteiger partial charge in [-0.25, -0.2) is 18.4 Å². The zero-order valence-corrected chi connectivity index (χ0v) is 12.1. The molecule has 1 aliphatic rings. The smallest absolute Gasteiger partial charge is 0.354 e. The van der Waals surface area contributed by atoms with Gasteiger partial charge < -0.3 is 14.0 Å².